The first-order valence-electron chi connectivity index (χ1n) is 9.96. The zero-order chi connectivity index (χ0) is 21.1. The summed E-state index contributed by atoms with van der Waals surface area (Å²) in [6.45, 7) is 6.77. The maximum atomic E-state index is 12.5. The molecule has 0 saturated carbocycles. The lowest BCUT2D eigenvalue weighted by Gasteiger charge is -2.12. The number of nitrogens with zero attached hydrogens (tertiary/aromatic N) is 3. The number of aromatic nitrogens is 3. The fourth-order valence-corrected chi connectivity index (χ4v) is 4.22. The second-order valence-corrected chi connectivity index (χ2v) is 8.07. The third-order valence-corrected chi connectivity index (χ3v) is 5.97. The highest BCUT2D eigenvalue weighted by Crippen LogP contribution is 2.27. The summed E-state index contributed by atoms with van der Waals surface area (Å²) in [7, 11) is 0. The summed E-state index contributed by atoms with van der Waals surface area (Å²) in [5.41, 5.74) is 3.03. The molecule has 2 aromatic heterocycles. The van der Waals surface area contributed by atoms with E-state index in [0.717, 1.165) is 45.4 Å². The molecule has 0 bridgehead atoms. The largest absolute Gasteiger partial charge is 0.459 e. The number of carbonyl (C=O) groups excluding carboxylic acids is 1. The number of nitrogens with one attached hydrogen (secondary N) is 1. The van der Waals surface area contributed by atoms with E-state index in [9.17, 15) is 4.79 Å². The Kier molecular flexibility index (Phi) is 5.90. The van der Waals surface area contributed by atoms with Crippen LogP contribution in [0.2, 0.25) is 0 Å². The van der Waals surface area contributed by atoms with Crippen LogP contribution in [-0.4, -0.2) is 26.4 Å². The Morgan fingerprint density at radius 2 is 1.93 bits per heavy atom. The van der Waals surface area contributed by atoms with Crippen LogP contribution in [0.5, 0.6) is 0 Å². The molecule has 6 nitrogen and oxygen atoms in total. The molecule has 0 aliphatic heterocycles. The van der Waals surface area contributed by atoms with Gasteiger partial charge in [-0.25, -0.2) is 0 Å². The van der Waals surface area contributed by atoms with Gasteiger partial charge in [-0.2, -0.15) is 0 Å². The van der Waals surface area contributed by atoms with Crippen molar-refractivity contribution in [3.8, 4) is 11.4 Å². The number of fused-ring (bicyclic) bond motifs is 1. The number of hydrogen-bond acceptors (Lipinski definition) is 5. The lowest BCUT2D eigenvalue weighted by molar-refractivity contribution is -0.119. The topological polar surface area (TPSA) is 73.0 Å². The molecule has 2 heterocycles. The normalized spacial score (nSPS) is 12.2. The molecule has 1 N–H and O–H groups in total. The van der Waals surface area contributed by atoms with Crippen molar-refractivity contribution in [2.45, 2.75) is 38.5 Å². The van der Waals surface area contributed by atoms with E-state index < -0.39 is 0 Å². The number of thioether (sulfide) groups is 1. The SMILES string of the molecule is CCn1c(SCC(=O)N[C@@H](C)c2cc3ccccc3o2)nnc1-c1ccccc1C. The van der Waals surface area contributed by atoms with Gasteiger partial charge in [-0.05, 0) is 38.5 Å². The van der Waals surface area contributed by atoms with Crippen LogP contribution < -0.4 is 5.32 Å². The van der Waals surface area contributed by atoms with E-state index in [1.165, 1.54) is 11.8 Å². The summed E-state index contributed by atoms with van der Waals surface area (Å²) >= 11 is 1.39. The number of carbonyl (C=O) groups is 1. The molecule has 0 aliphatic rings. The molecule has 0 spiro atoms. The number of para-hydroxylation sites is 1. The molecule has 2 aromatic carbocycles. The van der Waals surface area contributed by atoms with Gasteiger partial charge in [0.1, 0.15) is 11.3 Å². The van der Waals surface area contributed by atoms with Gasteiger partial charge in [0.2, 0.25) is 5.91 Å². The van der Waals surface area contributed by atoms with Gasteiger partial charge in [-0.1, -0.05) is 54.2 Å². The van der Waals surface area contributed by atoms with E-state index in [1.54, 1.807) is 0 Å². The molecular formula is C23H24N4O2S. The summed E-state index contributed by atoms with van der Waals surface area (Å²) in [5.74, 6) is 1.76. The number of hydrogen-bond donors (Lipinski definition) is 1. The van der Waals surface area contributed by atoms with Crippen LogP contribution >= 0.6 is 11.8 Å². The maximum Gasteiger partial charge on any atom is 0.231 e. The van der Waals surface area contributed by atoms with Crippen LogP contribution in [0.25, 0.3) is 22.4 Å². The van der Waals surface area contributed by atoms with E-state index >= 15 is 0 Å². The van der Waals surface area contributed by atoms with Crippen molar-refractivity contribution < 1.29 is 9.21 Å². The molecule has 0 fully saturated rings. The van der Waals surface area contributed by atoms with Gasteiger partial charge in [0, 0.05) is 17.5 Å². The van der Waals surface area contributed by atoms with Crippen LogP contribution in [0.4, 0.5) is 0 Å². The second kappa shape index (κ2) is 8.75. The quantitative estimate of drug-likeness (QED) is 0.427. The Labute approximate surface area is 179 Å². The molecule has 0 aliphatic carbocycles. The zero-order valence-electron chi connectivity index (χ0n) is 17.3. The van der Waals surface area contributed by atoms with Crippen LogP contribution in [0, 0.1) is 6.92 Å². The van der Waals surface area contributed by atoms with Crippen molar-refractivity contribution in [1.29, 1.82) is 0 Å². The van der Waals surface area contributed by atoms with Crippen molar-refractivity contribution in [3.05, 3.63) is 65.9 Å². The standard InChI is InChI=1S/C23H24N4O2S/c1-4-27-22(18-11-7-5-9-15(18)2)25-26-23(27)30-14-21(28)24-16(3)20-13-17-10-6-8-12-19(17)29-20/h5-13,16H,4,14H2,1-3H3,(H,24,28)/t16-/m0/s1. The van der Waals surface area contributed by atoms with E-state index in [-0.39, 0.29) is 17.7 Å². The molecule has 4 aromatic rings. The number of amides is 1. The highest BCUT2D eigenvalue weighted by molar-refractivity contribution is 7.99. The van der Waals surface area contributed by atoms with Gasteiger partial charge in [-0.3, -0.25) is 4.79 Å². The molecule has 1 atom stereocenters. The fourth-order valence-electron chi connectivity index (χ4n) is 3.40. The first-order chi connectivity index (χ1) is 14.6. The van der Waals surface area contributed by atoms with E-state index in [4.69, 9.17) is 4.42 Å². The monoisotopic (exact) mass is 420 g/mol. The fraction of sp³-hybridized carbons (Fsp3) is 0.261. The first kappa shape index (κ1) is 20.2. The predicted octanol–water partition coefficient (Wildman–Crippen LogP) is 4.99. The molecule has 0 unspecified atom stereocenters. The minimum Gasteiger partial charge on any atom is -0.459 e. The van der Waals surface area contributed by atoms with Crippen LogP contribution in [0.3, 0.4) is 0 Å². The number of furan rings is 1. The van der Waals surface area contributed by atoms with Gasteiger partial charge in [0.05, 0.1) is 11.8 Å². The molecule has 154 valence electrons. The van der Waals surface area contributed by atoms with Crippen molar-refractivity contribution in [3.63, 3.8) is 0 Å². The third-order valence-electron chi connectivity index (χ3n) is 5.00. The van der Waals surface area contributed by atoms with Crippen molar-refractivity contribution in [2.24, 2.45) is 0 Å². The van der Waals surface area contributed by atoms with Gasteiger partial charge >= 0.3 is 0 Å². The third kappa shape index (κ3) is 4.11. The van der Waals surface area contributed by atoms with Gasteiger partial charge in [0.15, 0.2) is 11.0 Å². The second-order valence-electron chi connectivity index (χ2n) is 7.13. The van der Waals surface area contributed by atoms with E-state index in [0.29, 0.717) is 0 Å². The molecule has 7 heteroatoms. The minimum absolute atomic E-state index is 0.0731. The molecule has 4 rings (SSSR count). The molecule has 1 amide bonds. The molecular weight excluding hydrogens is 396 g/mol. The summed E-state index contributed by atoms with van der Waals surface area (Å²) in [4.78, 5) is 12.5. The highest BCUT2D eigenvalue weighted by Gasteiger charge is 2.18. The Morgan fingerprint density at radius 1 is 1.17 bits per heavy atom. The molecule has 0 radical (unpaired) electrons. The highest BCUT2D eigenvalue weighted by atomic mass is 32.2. The first-order valence-corrected chi connectivity index (χ1v) is 10.9. The Hall–Kier alpha value is -3.06. The smallest absolute Gasteiger partial charge is 0.231 e. The van der Waals surface area contributed by atoms with E-state index in [2.05, 4.69) is 35.4 Å². The van der Waals surface area contributed by atoms with E-state index in [1.807, 2.05) is 60.0 Å². The van der Waals surface area contributed by atoms with Crippen molar-refractivity contribution in [1.82, 2.24) is 20.1 Å². The average Bonchev–Trinajstić information content (AvgIpc) is 3.36. The zero-order valence-corrected chi connectivity index (χ0v) is 18.1. The predicted molar refractivity (Wildman–Crippen MR) is 119 cm³/mol. The lowest BCUT2D eigenvalue weighted by Crippen LogP contribution is -2.28. The summed E-state index contributed by atoms with van der Waals surface area (Å²) in [5, 5.41) is 13.5. The lowest BCUT2D eigenvalue weighted by atomic mass is 10.1. The summed E-state index contributed by atoms with van der Waals surface area (Å²) < 4.78 is 7.89. The van der Waals surface area contributed by atoms with Gasteiger partial charge < -0.3 is 14.3 Å². The maximum absolute atomic E-state index is 12.5. The number of rotatable bonds is 7. The Bertz CT molecular complexity index is 1150. The Balaban J connectivity index is 1.42. The Morgan fingerprint density at radius 3 is 2.70 bits per heavy atom. The minimum atomic E-state index is -0.211. The summed E-state index contributed by atoms with van der Waals surface area (Å²) in [6, 6.07) is 17.7. The van der Waals surface area contributed by atoms with Crippen LogP contribution in [0.15, 0.2) is 64.2 Å². The van der Waals surface area contributed by atoms with Gasteiger partial charge in [0.25, 0.3) is 0 Å². The molecule has 30 heavy (non-hydrogen) atoms. The van der Waals surface area contributed by atoms with Crippen LogP contribution in [-0.2, 0) is 11.3 Å². The number of benzene rings is 2. The molecule has 0 saturated heterocycles. The average molecular weight is 421 g/mol. The van der Waals surface area contributed by atoms with Crippen molar-refractivity contribution in [2.75, 3.05) is 5.75 Å². The van der Waals surface area contributed by atoms with Crippen molar-refractivity contribution >= 4 is 28.6 Å². The van der Waals surface area contributed by atoms with Gasteiger partial charge in [-0.15, -0.1) is 10.2 Å². The number of aryl methyl sites for hydroxylation is 1. The van der Waals surface area contributed by atoms with Crippen LogP contribution in [0.1, 0.15) is 31.2 Å². The summed E-state index contributed by atoms with van der Waals surface area (Å²) in [6.07, 6.45) is 0.